The van der Waals surface area contributed by atoms with Crippen LogP contribution in [0, 0.1) is 0 Å². The molecule has 0 radical (unpaired) electrons. The van der Waals surface area contributed by atoms with Gasteiger partial charge in [-0.3, -0.25) is 0 Å². The maximum Gasteiger partial charge on any atom is 0.250 e. The van der Waals surface area contributed by atoms with Gasteiger partial charge in [-0.05, 0) is 33.6 Å². The molecule has 0 saturated carbocycles. The van der Waals surface area contributed by atoms with E-state index in [1.54, 1.807) is 30.5 Å². The predicted molar refractivity (Wildman–Crippen MR) is 76.8 cm³/mol. The molecule has 19 heavy (non-hydrogen) atoms. The number of halogens is 1. The molecule has 2 heterocycles. The van der Waals surface area contributed by atoms with Gasteiger partial charge in [-0.1, -0.05) is 6.07 Å². The quantitative estimate of drug-likeness (QED) is 0.886. The maximum atomic E-state index is 12.0. The standard InChI is InChI=1S/C11H11BrN2O3S2/c1-17-10-4-2-8(6-13-10)7-14-19(15,16)11-5-3-9(12)18-11/h2-6,14H,7H2,1H3. The molecule has 102 valence electrons. The molecule has 0 aliphatic rings. The van der Waals surface area contributed by atoms with Crippen LogP contribution >= 0.6 is 27.3 Å². The maximum absolute atomic E-state index is 12.0. The van der Waals surface area contributed by atoms with Crippen molar-refractivity contribution < 1.29 is 13.2 Å². The van der Waals surface area contributed by atoms with E-state index in [0.717, 1.165) is 9.35 Å². The van der Waals surface area contributed by atoms with E-state index in [2.05, 4.69) is 25.6 Å². The second kappa shape index (κ2) is 6.00. The molecule has 0 spiro atoms. The minimum atomic E-state index is -3.47. The molecule has 1 N–H and O–H groups in total. The summed E-state index contributed by atoms with van der Waals surface area (Å²) in [7, 11) is -1.95. The lowest BCUT2D eigenvalue weighted by Crippen LogP contribution is -2.22. The molecule has 2 aromatic heterocycles. The third-order valence-electron chi connectivity index (χ3n) is 2.29. The molecule has 0 unspecified atom stereocenters. The summed E-state index contributed by atoms with van der Waals surface area (Å²) in [5.74, 6) is 0.494. The Kier molecular flexibility index (Phi) is 4.56. The predicted octanol–water partition coefficient (Wildman–Crippen LogP) is 2.39. The highest BCUT2D eigenvalue weighted by Gasteiger charge is 2.15. The highest BCUT2D eigenvalue weighted by molar-refractivity contribution is 9.11. The van der Waals surface area contributed by atoms with Gasteiger partial charge in [0.25, 0.3) is 0 Å². The van der Waals surface area contributed by atoms with E-state index in [1.807, 2.05) is 0 Å². The van der Waals surface area contributed by atoms with Crippen LogP contribution < -0.4 is 9.46 Å². The molecule has 0 amide bonds. The van der Waals surface area contributed by atoms with Crippen molar-refractivity contribution in [1.82, 2.24) is 9.71 Å². The molecule has 0 bridgehead atoms. The Bertz CT molecular complexity index is 653. The second-order valence-corrected chi connectivity index (χ2v) is 8.05. The molecule has 0 aliphatic carbocycles. The molecule has 0 fully saturated rings. The van der Waals surface area contributed by atoms with Crippen LogP contribution in [-0.2, 0) is 16.6 Å². The molecular formula is C11H11BrN2O3S2. The summed E-state index contributed by atoms with van der Waals surface area (Å²) >= 11 is 4.41. The van der Waals surface area contributed by atoms with Crippen molar-refractivity contribution in [2.24, 2.45) is 0 Å². The molecule has 0 saturated heterocycles. The number of methoxy groups -OCH3 is 1. The first-order chi connectivity index (χ1) is 9.01. The van der Waals surface area contributed by atoms with Gasteiger partial charge >= 0.3 is 0 Å². The Morgan fingerprint density at radius 3 is 2.68 bits per heavy atom. The molecule has 5 nitrogen and oxygen atoms in total. The number of rotatable bonds is 5. The Balaban J connectivity index is 2.05. The van der Waals surface area contributed by atoms with Crippen LogP contribution in [0.3, 0.4) is 0 Å². The van der Waals surface area contributed by atoms with Crippen molar-refractivity contribution in [1.29, 1.82) is 0 Å². The average Bonchev–Trinajstić information content (AvgIpc) is 2.85. The van der Waals surface area contributed by atoms with Gasteiger partial charge in [0.15, 0.2) is 0 Å². The summed E-state index contributed by atoms with van der Waals surface area (Å²) in [4.78, 5) is 4.01. The Hall–Kier alpha value is -0.960. The lowest BCUT2D eigenvalue weighted by molar-refractivity contribution is 0.397. The average molecular weight is 363 g/mol. The van der Waals surface area contributed by atoms with Crippen molar-refractivity contribution >= 4 is 37.3 Å². The van der Waals surface area contributed by atoms with Gasteiger partial charge in [0.1, 0.15) is 4.21 Å². The number of nitrogens with one attached hydrogen (secondary N) is 1. The van der Waals surface area contributed by atoms with Crippen molar-refractivity contribution in [3.63, 3.8) is 0 Å². The van der Waals surface area contributed by atoms with Crippen molar-refractivity contribution in [3.05, 3.63) is 39.8 Å². The fourth-order valence-corrected chi connectivity index (χ4v) is 4.40. The molecular weight excluding hydrogens is 352 g/mol. The highest BCUT2D eigenvalue weighted by atomic mass is 79.9. The van der Waals surface area contributed by atoms with E-state index in [-0.39, 0.29) is 10.8 Å². The molecule has 2 rings (SSSR count). The summed E-state index contributed by atoms with van der Waals surface area (Å²) in [6.07, 6.45) is 1.58. The van der Waals surface area contributed by atoms with Gasteiger partial charge in [-0.25, -0.2) is 18.1 Å². The number of pyridine rings is 1. The topological polar surface area (TPSA) is 68.3 Å². The zero-order valence-corrected chi connectivity index (χ0v) is 13.2. The lowest BCUT2D eigenvalue weighted by Gasteiger charge is -2.05. The molecule has 0 atom stereocenters. The van der Waals surface area contributed by atoms with Crippen LogP contribution in [-0.4, -0.2) is 20.5 Å². The monoisotopic (exact) mass is 362 g/mol. The van der Waals surface area contributed by atoms with Gasteiger partial charge in [-0.2, -0.15) is 0 Å². The number of thiophene rings is 1. The zero-order chi connectivity index (χ0) is 13.9. The van der Waals surface area contributed by atoms with Crippen molar-refractivity contribution in [2.75, 3.05) is 7.11 Å². The van der Waals surface area contributed by atoms with E-state index in [1.165, 1.54) is 18.4 Å². The minimum absolute atomic E-state index is 0.189. The van der Waals surface area contributed by atoms with E-state index >= 15 is 0 Å². The Labute approximate surface area is 123 Å². The minimum Gasteiger partial charge on any atom is -0.481 e. The van der Waals surface area contributed by atoms with Gasteiger partial charge in [-0.15, -0.1) is 11.3 Å². The van der Waals surface area contributed by atoms with Gasteiger partial charge < -0.3 is 4.74 Å². The van der Waals surface area contributed by atoms with Crippen molar-refractivity contribution in [2.45, 2.75) is 10.8 Å². The Morgan fingerprint density at radius 1 is 1.37 bits per heavy atom. The molecule has 8 heteroatoms. The SMILES string of the molecule is COc1ccc(CNS(=O)(=O)c2ccc(Br)s2)cn1. The Morgan fingerprint density at radius 2 is 2.16 bits per heavy atom. The number of aromatic nitrogens is 1. The first-order valence-corrected chi connectivity index (χ1v) is 8.34. The number of sulfonamides is 1. The van der Waals surface area contributed by atoms with Gasteiger partial charge in [0.2, 0.25) is 15.9 Å². The zero-order valence-electron chi connectivity index (χ0n) is 9.96. The summed E-state index contributed by atoms with van der Waals surface area (Å²) in [6, 6.07) is 6.71. The number of hydrogen-bond donors (Lipinski definition) is 1. The van der Waals surface area contributed by atoms with Crippen LogP contribution in [0.15, 0.2) is 38.5 Å². The normalized spacial score (nSPS) is 11.5. The van der Waals surface area contributed by atoms with E-state index in [4.69, 9.17) is 4.74 Å². The van der Waals surface area contributed by atoms with Gasteiger partial charge in [0.05, 0.1) is 10.9 Å². The molecule has 0 aliphatic heterocycles. The number of hydrogen-bond acceptors (Lipinski definition) is 5. The summed E-state index contributed by atoms with van der Waals surface area (Å²) in [5.41, 5.74) is 0.764. The first-order valence-electron chi connectivity index (χ1n) is 5.25. The highest BCUT2D eigenvalue weighted by Crippen LogP contribution is 2.25. The third kappa shape index (κ3) is 3.75. The summed E-state index contributed by atoms with van der Waals surface area (Å²) in [6.45, 7) is 0.189. The van der Waals surface area contributed by atoms with E-state index in [9.17, 15) is 8.42 Å². The third-order valence-corrected chi connectivity index (χ3v) is 5.80. The second-order valence-electron chi connectivity index (χ2n) is 3.59. The first kappa shape index (κ1) is 14.4. The summed E-state index contributed by atoms with van der Waals surface area (Å²) in [5, 5.41) is 0. The largest absolute Gasteiger partial charge is 0.481 e. The van der Waals surface area contributed by atoms with E-state index < -0.39 is 10.0 Å². The number of nitrogens with zero attached hydrogens (tertiary/aromatic N) is 1. The fourth-order valence-electron chi connectivity index (χ4n) is 1.33. The van der Waals surface area contributed by atoms with Crippen LogP contribution in [0.2, 0.25) is 0 Å². The molecule has 0 aromatic carbocycles. The smallest absolute Gasteiger partial charge is 0.250 e. The lowest BCUT2D eigenvalue weighted by atomic mass is 10.3. The van der Waals surface area contributed by atoms with E-state index in [0.29, 0.717) is 5.88 Å². The fraction of sp³-hybridized carbons (Fsp3) is 0.182. The van der Waals surface area contributed by atoms with Gasteiger partial charge in [0, 0.05) is 18.8 Å². The van der Waals surface area contributed by atoms with Crippen LogP contribution in [0.4, 0.5) is 0 Å². The van der Waals surface area contributed by atoms with Crippen LogP contribution in [0.1, 0.15) is 5.56 Å². The van der Waals surface area contributed by atoms with Crippen molar-refractivity contribution in [3.8, 4) is 5.88 Å². The summed E-state index contributed by atoms with van der Waals surface area (Å²) < 4.78 is 32.5. The molecule has 2 aromatic rings. The van der Waals surface area contributed by atoms with Crippen LogP contribution in [0.25, 0.3) is 0 Å². The number of ether oxygens (including phenoxy) is 1. The van der Waals surface area contributed by atoms with Crippen LogP contribution in [0.5, 0.6) is 5.88 Å².